The molecule has 0 nitrogen and oxygen atoms in total. The molecule has 126 valence electrons. The molecule has 0 saturated heterocycles. The van der Waals surface area contributed by atoms with Crippen molar-refractivity contribution in [3.05, 3.63) is 0 Å². The summed E-state index contributed by atoms with van der Waals surface area (Å²) < 4.78 is -5.30. The third-order valence-electron chi connectivity index (χ3n) is 2.83. The fourth-order valence-electron chi connectivity index (χ4n) is 1.58. The van der Waals surface area contributed by atoms with E-state index in [1.165, 1.54) is 0 Å². The highest BCUT2D eigenvalue weighted by Crippen LogP contribution is 2.84. The summed E-state index contributed by atoms with van der Waals surface area (Å²) in [5.41, 5.74) is 0. The highest BCUT2D eigenvalue weighted by Gasteiger charge is 2.87. The number of alkyl halides is 14. The Morgan fingerprint density at radius 1 is 0.381 bits per heavy atom. The Morgan fingerprint density at radius 3 is 0.762 bits per heavy atom. The van der Waals surface area contributed by atoms with Gasteiger partial charge in [0.15, 0.2) is 2.14 Å². The lowest BCUT2D eigenvalue weighted by Gasteiger charge is -2.68. The van der Waals surface area contributed by atoms with Crippen LogP contribution in [0.1, 0.15) is 0 Å². The van der Waals surface area contributed by atoms with Gasteiger partial charge in [-0.3, -0.25) is 0 Å². The fourth-order valence-corrected chi connectivity index (χ4v) is 19.6. The van der Waals surface area contributed by atoms with Crippen LogP contribution in [0.25, 0.3) is 0 Å². The van der Waals surface area contributed by atoms with Crippen molar-refractivity contribution in [3.63, 3.8) is 0 Å². The van der Waals surface area contributed by atoms with Gasteiger partial charge in [0, 0.05) is 0 Å². The fraction of sp³-hybridized carbons (Fsp3) is 1.00. The topological polar surface area (TPSA) is 0 Å². The Balaban J connectivity index is 3.93. The maximum Gasteiger partial charge on any atom is 0.154 e. The predicted octanol–water partition coefficient (Wildman–Crippen LogP) is 10.4. The second-order valence-electron chi connectivity index (χ2n) is 4.03. The molecule has 0 heterocycles. The molecule has 0 radical (unpaired) electrons. The Kier molecular flexibility index (Phi) is 9.13. The van der Waals surface area contributed by atoms with Crippen LogP contribution in [0.3, 0.4) is 0 Å². The van der Waals surface area contributed by atoms with Gasteiger partial charge in [-0.05, 0) is 0 Å². The summed E-state index contributed by atoms with van der Waals surface area (Å²) in [6.45, 7) is 0. The first-order valence-corrected chi connectivity index (χ1v) is 15.5. The molecule has 1 rings (SSSR count). The Morgan fingerprint density at radius 2 is 0.571 bits per heavy atom. The predicted molar refractivity (Wildman–Crippen MR) is 144 cm³/mol. The molecule has 0 N–H and O–H groups in total. The molecule has 0 unspecified atom stereocenters. The molecule has 0 atom stereocenters. The van der Waals surface area contributed by atoms with Gasteiger partial charge in [-0.15, -0.1) is 0 Å². The average molecular weight is 1200 g/mol. The van der Waals surface area contributed by atoms with Gasteiger partial charge in [-0.2, -0.15) is 0 Å². The third-order valence-corrected chi connectivity index (χ3v) is 30.5. The van der Waals surface area contributed by atoms with Gasteiger partial charge in [-0.25, -0.2) is 0 Å². The molecule has 0 aromatic rings. The molecule has 0 amide bonds. The summed E-state index contributed by atoms with van der Waals surface area (Å²) in [5.74, 6) is 0. The molecule has 0 aromatic carbocycles. The van der Waals surface area contributed by atoms with Gasteiger partial charge in [-0.1, -0.05) is 223 Å². The Bertz CT molecular complexity index is 411. The van der Waals surface area contributed by atoms with E-state index in [-0.39, 0.29) is 0 Å². The summed E-state index contributed by atoms with van der Waals surface area (Å²) in [5, 5.41) is 0. The number of halogens is 14. The largest absolute Gasteiger partial charge is 0.154 e. The van der Waals surface area contributed by atoms with Gasteiger partial charge in [0.1, 0.15) is 20.5 Å². The lowest BCUT2D eigenvalue weighted by atomic mass is 9.89. The first-order valence-electron chi connectivity index (χ1n) is 4.40. The van der Waals surface area contributed by atoms with E-state index in [0.717, 1.165) is 0 Å². The molecule has 0 aliphatic heterocycles. The highest BCUT2D eigenvalue weighted by molar-refractivity contribution is 9.41. The van der Waals surface area contributed by atoms with Gasteiger partial charge in [0.2, 0.25) is 0 Å². The number of hydrogen-bond acceptors (Lipinski definition) is 0. The van der Waals surface area contributed by atoms with Crippen LogP contribution in [0.15, 0.2) is 0 Å². The molecule has 1 fully saturated rings. The lowest BCUT2D eigenvalue weighted by molar-refractivity contribution is 0.418. The van der Waals surface area contributed by atoms with Crippen molar-refractivity contribution in [2.24, 2.45) is 0 Å². The van der Waals surface area contributed by atoms with E-state index in [9.17, 15) is 0 Å². The zero-order valence-electron chi connectivity index (χ0n) is 8.79. The van der Waals surface area contributed by atoms with Gasteiger partial charge >= 0.3 is 0 Å². The van der Waals surface area contributed by atoms with Crippen molar-refractivity contribution in [2.45, 2.75) is 22.6 Å². The van der Waals surface area contributed by atoms with Crippen molar-refractivity contribution in [1.29, 1.82) is 0 Å². The average Bonchev–Trinajstić information content (AvgIpc) is 2.23. The van der Waals surface area contributed by atoms with Crippen LogP contribution < -0.4 is 0 Å². The van der Waals surface area contributed by atoms with Gasteiger partial charge in [0.25, 0.3) is 0 Å². The summed E-state index contributed by atoms with van der Waals surface area (Å²) in [4.78, 5) is 0. The second-order valence-corrected chi connectivity index (χ2v) is 29.2. The smallest absolute Gasteiger partial charge is 0.0767 e. The van der Waals surface area contributed by atoms with E-state index in [1.807, 2.05) is 0 Å². The minimum Gasteiger partial charge on any atom is -0.0767 e. The standard InChI is InChI=1S/C7Br14/c8-1(7(19,20)21)2(9,10)4(13,14)6(17,18)5(15,16)3(1,11)12. The second kappa shape index (κ2) is 7.45. The molecule has 0 aromatic heterocycles. The van der Waals surface area contributed by atoms with Crippen LogP contribution in [0.4, 0.5) is 0 Å². The van der Waals surface area contributed by atoms with Crippen LogP contribution in [0.5, 0.6) is 0 Å². The van der Waals surface area contributed by atoms with E-state index in [0.29, 0.717) is 0 Å². The Hall–Kier alpha value is 6.72. The minimum atomic E-state index is -0.787. The van der Waals surface area contributed by atoms with Crippen molar-refractivity contribution >= 4 is 223 Å². The zero-order chi connectivity index (χ0) is 17.5. The quantitative estimate of drug-likeness (QED) is 0.212. The maximum absolute atomic E-state index is 3.87. The monoisotopic (exact) mass is 1190 g/mol. The van der Waals surface area contributed by atoms with Crippen LogP contribution >= 0.6 is 223 Å². The van der Waals surface area contributed by atoms with Gasteiger partial charge in [0.05, 0.1) is 0 Å². The first kappa shape index (κ1) is 25.8. The molecule has 1 saturated carbocycles. The van der Waals surface area contributed by atoms with Crippen molar-refractivity contribution in [1.82, 2.24) is 0 Å². The third kappa shape index (κ3) is 3.36. The molecular weight excluding hydrogens is 1200 g/mol. The minimum absolute atomic E-state index is 0.727. The van der Waals surface area contributed by atoms with Crippen molar-refractivity contribution in [2.75, 3.05) is 0 Å². The van der Waals surface area contributed by atoms with E-state index in [2.05, 4.69) is 223 Å². The lowest BCUT2D eigenvalue weighted by Crippen LogP contribution is -2.81. The van der Waals surface area contributed by atoms with E-state index in [1.54, 1.807) is 0 Å². The van der Waals surface area contributed by atoms with Gasteiger partial charge < -0.3 is 0 Å². The molecule has 1 aliphatic rings. The van der Waals surface area contributed by atoms with E-state index >= 15 is 0 Å². The summed E-state index contributed by atoms with van der Waals surface area (Å²) in [7, 11) is 0. The van der Waals surface area contributed by atoms with Crippen LogP contribution in [-0.4, -0.2) is 22.6 Å². The van der Waals surface area contributed by atoms with Crippen LogP contribution in [-0.2, 0) is 0 Å². The molecule has 14 heteroatoms. The molecular formula is C7Br14. The molecule has 1 aliphatic carbocycles. The summed E-state index contributed by atoms with van der Waals surface area (Å²) >= 11 is 52.6. The molecule has 21 heavy (non-hydrogen) atoms. The molecule has 0 spiro atoms. The van der Waals surface area contributed by atoms with Crippen molar-refractivity contribution in [3.8, 4) is 0 Å². The maximum atomic E-state index is 3.87. The SMILES string of the molecule is BrC(Br)(Br)C1(Br)C(Br)(Br)C(Br)(Br)C(Br)(Br)C(Br)(Br)C1(Br)Br. The highest BCUT2D eigenvalue weighted by atomic mass is 80.0. The summed E-state index contributed by atoms with van der Waals surface area (Å²) in [6.07, 6.45) is 0. The van der Waals surface area contributed by atoms with E-state index < -0.39 is 22.6 Å². The Labute approximate surface area is 240 Å². The van der Waals surface area contributed by atoms with Crippen LogP contribution in [0.2, 0.25) is 0 Å². The number of rotatable bonds is 0. The first-order chi connectivity index (χ1) is 8.75. The normalized spacial score (nSPS) is 31.7. The number of hydrogen-bond donors (Lipinski definition) is 0. The van der Waals surface area contributed by atoms with E-state index in [4.69, 9.17) is 0 Å². The molecule has 0 bridgehead atoms. The van der Waals surface area contributed by atoms with Crippen molar-refractivity contribution < 1.29 is 0 Å². The zero-order valence-corrected chi connectivity index (χ0v) is 31.0. The van der Waals surface area contributed by atoms with Crippen LogP contribution in [0, 0.1) is 0 Å². The summed E-state index contributed by atoms with van der Waals surface area (Å²) in [6, 6.07) is 0.